The van der Waals surface area contributed by atoms with E-state index in [1.165, 1.54) is 11.8 Å². The molecule has 144 valence electrons. The lowest BCUT2D eigenvalue weighted by atomic mass is 10.2. The predicted molar refractivity (Wildman–Crippen MR) is 108 cm³/mol. The average molecular weight is 416 g/mol. The quantitative estimate of drug-likeness (QED) is 0.596. The molecule has 2 heterocycles. The van der Waals surface area contributed by atoms with Gasteiger partial charge in [-0.25, -0.2) is 4.98 Å². The van der Waals surface area contributed by atoms with E-state index in [-0.39, 0.29) is 18.5 Å². The largest absolute Gasteiger partial charge is 0.454 e. The number of carbonyl (C=O) groups excluding carboxylic acids is 1. The molecule has 8 heteroatoms. The molecule has 1 aliphatic rings. The monoisotopic (exact) mass is 415 g/mol. The normalized spacial score (nSPS) is 12.2. The van der Waals surface area contributed by atoms with E-state index in [0.29, 0.717) is 23.9 Å². The van der Waals surface area contributed by atoms with Crippen molar-refractivity contribution in [2.75, 3.05) is 12.5 Å². The number of ether oxygens (including phenoxy) is 2. The molecule has 0 aliphatic carbocycles. The highest BCUT2D eigenvalue weighted by molar-refractivity contribution is 7.99. The van der Waals surface area contributed by atoms with Gasteiger partial charge >= 0.3 is 0 Å². The molecule has 0 saturated carbocycles. The third kappa shape index (κ3) is 4.43. The second kappa shape index (κ2) is 8.58. The van der Waals surface area contributed by atoms with Crippen LogP contribution in [0.15, 0.2) is 60.0 Å². The van der Waals surface area contributed by atoms with Gasteiger partial charge in [0, 0.05) is 24.0 Å². The van der Waals surface area contributed by atoms with Crippen molar-refractivity contribution in [2.45, 2.75) is 18.2 Å². The van der Waals surface area contributed by atoms with Gasteiger partial charge in [-0.1, -0.05) is 47.6 Å². The summed E-state index contributed by atoms with van der Waals surface area (Å²) >= 11 is 7.63. The molecule has 0 unspecified atom stereocenters. The van der Waals surface area contributed by atoms with Crippen LogP contribution in [-0.4, -0.2) is 28.0 Å². The van der Waals surface area contributed by atoms with Gasteiger partial charge < -0.3 is 19.4 Å². The highest BCUT2D eigenvalue weighted by Crippen LogP contribution is 2.32. The van der Waals surface area contributed by atoms with Crippen LogP contribution in [0.1, 0.15) is 11.1 Å². The third-order valence-electron chi connectivity index (χ3n) is 4.23. The fourth-order valence-electron chi connectivity index (χ4n) is 2.80. The number of halogens is 1. The zero-order chi connectivity index (χ0) is 19.3. The summed E-state index contributed by atoms with van der Waals surface area (Å²) in [5, 5.41) is 4.41. The van der Waals surface area contributed by atoms with Crippen LogP contribution in [0.4, 0.5) is 0 Å². The molecular weight excluding hydrogens is 398 g/mol. The van der Waals surface area contributed by atoms with Gasteiger partial charge in [0.2, 0.25) is 12.7 Å². The van der Waals surface area contributed by atoms with E-state index < -0.39 is 0 Å². The highest BCUT2D eigenvalue weighted by Gasteiger charge is 2.14. The van der Waals surface area contributed by atoms with Gasteiger partial charge in [-0.05, 0) is 29.3 Å². The fourth-order valence-corrected chi connectivity index (χ4v) is 3.78. The Morgan fingerprint density at radius 3 is 2.96 bits per heavy atom. The van der Waals surface area contributed by atoms with Gasteiger partial charge in [-0.2, -0.15) is 0 Å². The highest BCUT2D eigenvalue weighted by atomic mass is 35.5. The number of thioether (sulfide) groups is 1. The maximum Gasteiger partial charge on any atom is 0.231 e. The molecule has 0 saturated heterocycles. The Bertz CT molecular complexity index is 992. The van der Waals surface area contributed by atoms with Crippen LogP contribution < -0.4 is 14.8 Å². The second-order valence-corrected chi connectivity index (χ2v) is 7.53. The third-order valence-corrected chi connectivity index (χ3v) is 5.61. The number of nitrogens with one attached hydrogen (secondary N) is 1. The molecule has 1 aliphatic heterocycles. The van der Waals surface area contributed by atoms with Crippen molar-refractivity contribution in [1.82, 2.24) is 14.9 Å². The summed E-state index contributed by atoms with van der Waals surface area (Å²) in [4.78, 5) is 16.6. The SMILES string of the molecule is O=C(CSc1nccn1Cc1ccccc1Cl)NCc1ccc2c(c1)OCO2. The second-order valence-electron chi connectivity index (χ2n) is 6.18. The molecule has 6 nitrogen and oxygen atoms in total. The molecule has 1 N–H and O–H groups in total. The van der Waals surface area contributed by atoms with Gasteiger partial charge in [0.25, 0.3) is 0 Å². The summed E-state index contributed by atoms with van der Waals surface area (Å²) in [5.74, 6) is 1.66. The minimum atomic E-state index is -0.0602. The van der Waals surface area contributed by atoms with Crippen LogP contribution in [0, 0.1) is 0 Å². The summed E-state index contributed by atoms with van der Waals surface area (Å²) in [6.07, 6.45) is 3.61. The lowest BCUT2D eigenvalue weighted by molar-refractivity contribution is -0.118. The molecule has 4 rings (SSSR count). The lowest BCUT2D eigenvalue weighted by Gasteiger charge is -2.09. The minimum Gasteiger partial charge on any atom is -0.454 e. The fraction of sp³-hybridized carbons (Fsp3) is 0.200. The van der Waals surface area contributed by atoms with Crippen molar-refractivity contribution in [3.63, 3.8) is 0 Å². The summed E-state index contributed by atoms with van der Waals surface area (Å²) in [5.41, 5.74) is 1.97. The Kier molecular flexibility index (Phi) is 5.73. The van der Waals surface area contributed by atoms with Gasteiger partial charge in [0.15, 0.2) is 16.7 Å². The Labute approximate surface area is 171 Å². The Hall–Kier alpha value is -2.64. The van der Waals surface area contributed by atoms with Gasteiger partial charge in [-0.3, -0.25) is 4.79 Å². The molecule has 1 amide bonds. The van der Waals surface area contributed by atoms with E-state index >= 15 is 0 Å². The summed E-state index contributed by atoms with van der Waals surface area (Å²) < 4.78 is 12.6. The molecular formula is C20H18ClN3O3S. The minimum absolute atomic E-state index is 0.0602. The van der Waals surface area contributed by atoms with Gasteiger partial charge in [0.1, 0.15) is 0 Å². The molecule has 0 bridgehead atoms. The number of fused-ring (bicyclic) bond motifs is 1. The number of aromatic nitrogens is 2. The van der Waals surface area contributed by atoms with Crippen molar-refractivity contribution in [3.8, 4) is 11.5 Å². The van der Waals surface area contributed by atoms with Crippen LogP contribution in [0.5, 0.6) is 11.5 Å². The topological polar surface area (TPSA) is 65.4 Å². The number of hydrogen-bond donors (Lipinski definition) is 1. The predicted octanol–water partition coefficient (Wildman–Crippen LogP) is 3.72. The molecule has 0 spiro atoms. The van der Waals surface area contributed by atoms with Crippen molar-refractivity contribution >= 4 is 29.3 Å². The van der Waals surface area contributed by atoms with E-state index in [1.807, 2.05) is 53.2 Å². The van der Waals surface area contributed by atoms with Crippen LogP contribution in [-0.2, 0) is 17.9 Å². The first kappa shape index (κ1) is 18.7. The van der Waals surface area contributed by atoms with Crippen molar-refractivity contribution in [3.05, 3.63) is 71.0 Å². The molecule has 2 aromatic carbocycles. The first-order chi connectivity index (χ1) is 13.7. The average Bonchev–Trinajstić information content (AvgIpc) is 3.35. The molecule has 0 fully saturated rings. The Morgan fingerprint density at radius 1 is 1.21 bits per heavy atom. The number of nitrogens with zero attached hydrogens (tertiary/aromatic N) is 2. The maximum atomic E-state index is 12.2. The molecule has 0 atom stereocenters. The van der Waals surface area contributed by atoms with Gasteiger partial charge in [0.05, 0.1) is 12.3 Å². The molecule has 28 heavy (non-hydrogen) atoms. The van der Waals surface area contributed by atoms with E-state index in [1.54, 1.807) is 6.20 Å². The van der Waals surface area contributed by atoms with Crippen molar-refractivity contribution < 1.29 is 14.3 Å². The lowest BCUT2D eigenvalue weighted by Crippen LogP contribution is -2.24. The molecule has 0 radical (unpaired) electrons. The zero-order valence-electron chi connectivity index (χ0n) is 14.9. The smallest absolute Gasteiger partial charge is 0.231 e. The maximum absolute atomic E-state index is 12.2. The first-order valence-electron chi connectivity index (χ1n) is 8.71. The van der Waals surface area contributed by atoms with Crippen LogP contribution in [0.3, 0.4) is 0 Å². The molecule has 1 aromatic heterocycles. The van der Waals surface area contributed by atoms with E-state index in [9.17, 15) is 4.79 Å². The molecule has 3 aromatic rings. The number of imidazole rings is 1. The van der Waals surface area contributed by atoms with E-state index in [2.05, 4.69) is 10.3 Å². The number of amides is 1. The number of carbonyl (C=O) groups is 1. The Morgan fingerprint density at radius 2 is 2.07 bits per heavy atom. The van der Waals surface area contributed by atoms with Crippen molar-refractivity contribution in [1.29, 1.82) is 0 Å². The van der Waals surface area contributed by atoms with Gasteiger partial charge in [-0.15, -0.1) is 0 Å². The standard InChI is InChI=1S/C20H18ClN3O3S/c21-16-4-2-1-3-15(16)11-24-8-7-22-20(24)28-12-19(25)23-10-14-5-6-17-18(9-14)27-13-26-17/h1-9H,10-13H2,(H,23,25). The van der Waals surface area contributed by atoms with Crippen molar-refractivity contribution in [2.24, 2.45) is 0 Å². The van der Waals surface area contributed by atoms with Crippen LogP contribution in [0.2, 0.25) is 5.02 Å². The Balaban J connectivity index is 1.29. The zero-order valence-corrected chi connectivity index (χ0v) is 16.5. The first-order valence-corrected chi connectivity index (χ1v) is 10.1. The summed E-state index contributed by atoms with van der Waals surface area (Å²) in [6, 6.07) is 13.3. The van der Waals surface area contributed by atoms with E-state index in [4.69, 9.17) is 21.1 Å². The van der Waals surface area contributed by atoms with Crippen LogP contribution >= 0.6 is 23.4 Å². The van der Waals surface area contributed by atoms with E-state index in [0.717, 1.165) is 22.0 Å². The number of hydrogen-bond acceptors (Lipinski definition) is 5. The van der Waals surface area contributed by atoms with Crippen LogP contribution in [0.25, 0.3) is 0 Å². The number of benzene rings is 2. The summed E-state index contributed by atoms with van der Waals surface area (Å²) in [6.45, 7) is 1.29. The summed E-state index contributed by atoms with van der Waals surface area (Å²) in [7, 11) is 0. The number of rotatable bonds is 7.